The summed E-state index contributed by atoms with van der Waals surface area (Å²) in [6.45, 7) is 1.94. The maximum Gasteiger partial charge on any atom is 0.255 e. The molecule has 3 rings (SSSR count). The van der Waals surface area contributed by atoms with Crippen molar-refractivity contribution in [2.24, 2.45) is 0 Å². The summed E-state index contributed by atoms with van der Waals surface area (Å²) in [5, 5.41) is 12.7. The monoisotopic (exact) mass is 301 g/mol. The minimum absolute atomic E-state index is 0.0979. The first-order valence-electron chi connectivity index (χ1n) is 7.45. The highest BCUT2D eigenvalue weighted by molar-refractivity contribution is 5.98. The molecule has 1 saturated heterocycles. The molecule has 6 nitrogen and oxygen atoms in total. The number of aromatic nitrogens is 1. The van der Waals surface area contributed by atoms with E-state index < -0.39 is 6.10 Å². The van der Waals surface area contributed by atoms with E-state index in [9.17, 15) is 9.90 Å². The van der Waals surface area contributed by atoms with Crippen LogP contribution in [0.15, 0.2) is 41.1 Å². The molecule has 3 heterocycles. The normalized spacial score (nSPS) is 15.8. The van der Waals surface area contributed by atoms with Gasteiger partial charge in [-0.25, -0.2) is 4.98 Å². The van der Waals surface area contributed by atoms with Gasteiger partial charge in [-0.05, 0) is 37.1 Å². The second-order valence-corrected chi connectivity index (χ2v) is 5.31. The SMILES string of the molecule is O=C(NCC(O)c1ccco1)c1cccnc1N1CCCC1. The van der Waals surface area contributed by atoms with Crippen molar-refractivity contribution >= 4 is 11.7 Å². The van der Waals surface area contributed by atoms with E-state index in [0.29, 0.717) is 17.1 Å². The Hall–Kier alpha value is -2.34. The lowest BCUT2D eigenvalue weighted by molar-refractivity contribution is 0.0901. The molecule has 2 N–H and O–H groups in total. The molecule has 2 aromatic rings. The summed E-state index contributed by atoms with van der Waals surface area (Å²) in [6, 6.07) is 6.89. The second kappa shape index (κ2) is 6.62. The summed E-state index contributed by atoms with van der Waals surface area (Å²) < 4.78 is 5.12. The molecular formula is C16H19N3O3. The molecule has 1 aliphatic heterocycles. The number of rotatable bonds is 5. The molecule has 1 amide bonds. The minimum Gasteiger partial charge on any atom is -0.467 e. The quantitative estimate of drug-likeness (QED) is 0.879. The number of hydrogen-bond acceptors (Lipinski definition) is 5. The molecule has 1 atom stereocenters. The Morgan fingerprint density at radius 1 is 1.36 bits per heavy atom. The highest BCUT2D eigenvalue weighted by Gasteiger charge is 2.21. The minimum atomic E-state index is -0.856. The zero-order chi connectivity index (χ0) is 15.4. The van der Waals surface area contributed by atoms with Crippen molar-refractivity contribution in [3.63, 3.8) is 0 Å². The Labute approximate surface area is 128 Å². The van der Waals surface area contributed by atoms with Crippen molar-refractivity contribution in [3.8, 4) is 0 Å². The van der Waals surface area contributed by atoms with Crippen LogP contribution in [0.25, 0.3) is 0 Å². The summed E-state index contributed by atoms with van der Waals surface area (Å²) in [4.78, 5) is 18.8. The molecule has 0 spiro atoms. The van der Waals surface area contributed by atoms with Crippen LogP contribution in [0, 0.1) is 0 Å². The lowest BCUT2D eigenvalue weighted by Crippen LogP contribution is -2.31. The fourth-order valence-electron chi connectivity index (χ4n) is 2.62. The van der Waals surface area contributed by atoms with E-state index in [2.05, 4.69) is 15.2 Å². The molecule has 6 heteroatoms. The molecule has 2 aromatic heterocycles. The molecule has 0 aliphatic carbocycles. The van der Waals surface area contributed by atoms with Gasteiger partial charge in [0, 0.05) is 19.3 Å². The van der Waals surface area contributed by atoms with Crippen molar-refractivity contribution in [3.05, 3.63) is 48.0 Å². The van der Waals surface area contributed by atoms with Gasteiger partial charge < -0.3 is 19.7 Å². The van der Waals surface area contributed by atoms with Crippen LogP contribution in [0.5, 0.6) is 0 Å². The number of furan rings is 1. The smallest absolute Gasteiger partial charge is 0.255 e. The number of pyridine rings is 1. The molecule has 1 aliphatic rings. The topological polar surface area (TPSA) is 78.6 Å². The highest BCUT2D eigenvalue weighted by atomic mass is 16.4. The number of amides is 1. The predicted octanol–water partition coefficient (Wildman–Crippen LogP) is 1.74. The van der Waals surface area contributed by atoms with Crippen molar-refractivity contribution < 1.29 is 14.3 Å². The Kier molecular flexibility index (Phi) is 4.39. The van der Waals surface area contributed by atoms with Crippen LogP contribution in [0.1, 0.15) is 35.1 Å². The molecule has 22 heavy (non-hydrogen) atoms. The van der Waals surface area contributed by atoms with Gasteiger partial charge in [0.1, 0.15) is 17.7 Å². The van der Waals surface area contributed by atoms with E-state index in [4.69, 9.17) is 4.42 Å². The summed E-state index contributed by atoms with van der Waals surface area (Å²) in [5.41, 5.74) is 0.538. The number of carbonyl (C=O) groups is 1. The zero-order valence-electron chi connectivity index (χ0n) is 12.2. The van der Waals surface area contributed by atoms with Crippen LogP contribution in [0.4, 0.5) is 5.82 Å². The van der Waals surface area contributed by atoms with E-state index in [0.717, 1.165) is 25.9 Å². The summed E-state index contributed by atoms with van der Waals surface area (Å²) in [5.74, 6) is 0.914. The number of hydrogen-bond donors (Lipinski definition) is 2. The van der Waals surface area contributed by atoms with Gasteiger partial charge in [-0.15, -0.1) is 0 Å². The number of nitrogens with one attached hydrogen (secondary N) is 1. The van der Waals surface area contributed by atoms with Gasteiger partial charge >= 0.3 is 0 Å². The predicted molar refractivity (Wildman–Crippen MR) is 81.7 cm³/mol. The van der Waals surface area contributed by atoms with Gasteiger partial charge in [-0.3, -0.25) is 4.79 Å². The summed E-state index contributed by atoms with van der Waals surface area (Å²) >= 11 is 0. The van der Waals surface area contributed by atoms with Crippen LogP contribution in [-0.2, 0) is 0 Å². The average molecular weight is 301 g/mol. The molecular weight excluding hydrogens is 282 g/mol. The third-order valence-electron chi connectivity index (χ3n) is 3.76. The molecule has 0 saturated carbocycles. The zero-order valence-corrected chi connectivity index (χ0v) is 12.2. The number of aliphatic hydroxyl groups excluding tert-OH is 1. The molecule has 1 unspecified atom stereocenters. The van der Waals surface area contributed by atoms with Crippen LogP contribution in [0.2, 0.25) is 0 Å². The highest BCUT2D eigenvalue weighted by Crippen LogP contribution is 2.22. The van der Waals surface area contributed by atoms with Gasteiger partial charge in [0.05, 0.1) is 18.4 Å². The third-order valence-corrected chi connectivity index (χ3v) is 3.76. The number of anilines is 1. The summed E-state index contributed by atoms with van der Waals surface area (Å²) in [6.07, 6.45) is 4.57. The second-order valence-electron chi connectivity index (χ2n) is 5.31. The van der Waals surface area contributed by atoms with E-state index in [1.807, 2.05) is 0 Å². The Morgan fingerprint density at radius 2 is 2.18 bits per heavy atom. The van der Waals surface area contributed by atoms with Gasteiger partial charge in [0.2, 0.25) is 0 Å². The third kappa shape index (κ3) is 3.12. The van der Waals surface area contributed by atoms with Crippen LogP contribution < -0.4 is 10.2 Å². The number of carbonyl (C=O) groups excluding carboxylic acids is 1. The lowest BCUT2D eigenvalue weighted by Gasteiger charge is -2.19. The Bertz CT molecular complexity index is 621. The fourth-order valence-corrected chi connectivity index (χ4v) is 2.62. The van der Waals surface area contributed by atoms with Crippen LogP contribution >= 0.6 is 0 Å². The van der Waals surface area contributed by atoms with Crippen LogP contribution in [-0.4, -0.2) is 35.6 Å². The van der Waals surface area contributed by atoms with Gasteiger partial charge in [-0.1, -0.05) is 0 Å². The van der Waals surface area contributed by atoms with E-state index in [-0.39, 0.29) is 12.5 Å². The van der Waals surface area contributed by atoms with E-state index in [1.54, 1.807) is 30.5 Å². The first-order chi connectivity index (χ1) is 10.8. The molecule has 0 bridgehead atoms. The Balaban J connectivity index is 1.67. The van der Waals surface area contributed by atoms with Crippen molar-refractivity contribution in [1.29, 1.82) is 0 Å². The standard InChI is InChI=1S/C16H19N3O3/c20-13(14-6-4-10-22-14)11-18-16(21)12-5-3-7-17-15(12)19-8-1-2-9-19/h3-7,10,13,20H,1-2,8-9,11H2,(H,18,21). The van der Waals surface area contributed by atoms with Gasteiger partial charge in [0.15, 0.2) is 0 Å². The molecule has 0 aromatic carbocycles. The maximum atomic E-state index is 12.4. The summed E-state index contributed by atoms with van der Waals surface area (Å²) in [7, 11) is 0. The van der Waals surface area contributed by atoms with Gasteiger partial charge in [0.25, 0.3) is 5.91 Å². The largest absolute Gasteiger partial charge is 0.467 e. The first-order valence-corrected chi connectivity index (χ1v) is 7.45. The maximum absolute atomic E-state index is 12.4. The van der Waals surface area contributed by atoms with E-state index in [1.165, 1.54) is 6.26 Å². The average Bonchev–Trinajstić information content (AvgIpc) is 3.24. The van der Waals surface area contributed by atoms with Crippen molar-refractivity contribution in [2.75, 3.05) is 24.5 Å². The molecule has 0 radical (unpaired) electrons. The van der Waals surface area contributed by atoms with Gasteiger partial charge in [-0.2, -0.15) is 0 Å². The Morgan fingerprint density at radius 3 is 2.91 bits per heavy atom. The van der Waals surface area contributed by atoms with Crippen LogP contribution in [0.3, 0.4) is 0 Å². The first kappa shape index (κ1) is 14.6. The fraction of sp³-hybridized carbons (Fsp3) is 0.375. The van der Waals surface area contributed by atoms with Crippen molar-refractivity contribution in [1.82, 2.24) is 10.3 Å². The van der Waals surface area contributed by atoms with Crippen molar-refractivity contribution in [2.45, 2.75) is 18.9 Å². The van der Waals surface area contributed by atoms with E-state index >= 15 is 0 Å². The lowest BCUT2D eigenvalue weighted by atomic mass is 10.2. The molecule has 116 valence electrons. The molecule has 1 fully saturated rings. The number of nitrogens with zero attached hydrogens (tertiary/aromatic N) is 2. The number of aliphatic hydroxyl groups is 1.